The molecule has 0 bridgehead atoms. The van der Waals surface area contributed by atoms with Crippen LogP contribution in [0.4, 0.5) is 0 Å². The van der Waals surface area contributed by atoms with Crippen LogP contribution in [0.15, 0.2) is 48.5 Å². The lowest BCUT2D eigenvalue weighted by atomic mass is 10.0. The highest BCUT2D eigenvalue weighted by Crippen LogP contribution is 2.23. The lowest BCUT2D eigenvalue weighted by Crippen LogP contribution is -2.25. The standard InChI is InChI=1S/C17H18O3/c1-3-16(17(18)19)20-15-10-8-14(9-11-15)13-6-4-12(2)5-7-13/h4-11,16H,3H2,1-2H3,(H,18,19). The minimum atomic E-state index is -0.935. The van der Waals surface area contributed by atoms with E-state index in [1.807, 2.05) is 12.1 Å². The van der Waals surface area contributed by atoms with E-state index in [0.29, 0.717) is 12.2 Å². The van der Waals surface area contributed by atoms with Gasteiger partial charge in [-0.05, 0) is 36.6 Å². The number of aliphatic carboxylic acids is 1. The molecule has 0 aliphatic carbocycles. The molecule has 104 valence electrons. The molecule has 0 heterocycles. The van der Waals surface area contributed by atoms with Crippen LogP contribution in [0.2, 0.25) is 0 Å². The molecule has 1 unspecified atom stereocenters. The van der Waals surface area contributed by atoms with Gasteiger partial charge in [0, 0.05) is 0 Å². The van der Waals surface area contributed by atoms with Crippen molar-refractivity contribution >= 4 is 5.97 Å². The van der Waals surface area contributed by atoms with E-state index < -0.39 is 12.1 Å². The molecule has 3 heteroatoms. The third kappa shape index (κ3) is 3.38. The van der Waals surface area contributed by atoms with Crippen molar-refractivity contribution in [2.45, 2.75) is 26.4 Å². The summed E-state index contributed by atoms with van der Waals surface area (Å²) in [6.45, 7) is 3.84. The Labute approximate surface area is 118 Å². The van der Waals surface area contributed by atoms with Gasteiger partial charge in [-0.25, -0.2) is 4.79 Å². The summed E-state index contributed by atoms with van der Waals surface area (Å²) in [7, 11) is 0. The largest absolute Gasteiger partial charge is 0.479 e. The van der Waals surface area contributed by atoms with Crippen LogP contribution >= 0.6 is 0 Å². The van der Waals surface area contributed by atoms with E-state index >= 15 is 0 Å². The van der Waals surface area contributed by atoms with E-state index in [2.05, 4.69) is 31.2 Å². The maximum atomic E-state index is 10.9. The van der Waals surface area contributed by atoms with Gasteiger partial charge in [0.25, 0.3) is 0 Å². The fourth-order valence-corrected chi connectivity index (χ4v) is 1.94. The van der Waals surface area contributed by atoms with E-state index in [1.54, 1.807) is 19.1 Å². The molecule has 0 saturated carbocycles. The Hall–Kier alpha value is -2.29. The van der Waals surface area contributed by atoms with Crippen LogP contribution in [0, 0.1) is 6.92 Å². The topological polar surface area (TPSA) is 46.5 Å². The van der Waals surface area contributed by atoms with Crippen molar-refractivity contribution in [1.29, 1.82) is 0 Å². The number of carboxylic acids is 1. The highest BCUT2D eigenvalue weighted by molar-refractivity contribution is 5.72. The number of hydrogen-bond acceptors (Lipinski definition) is 2. The van der Waals surface area contributed by atoms with Crippen LogP contribution in [-0.2, 0) is 4.79 Å². The van der Waals surface area contributed by atoms with Gasteiger partial charge in [-0.15, -0.1) is 0 Å². The van der Waals surface area contributed by atoms with E-state index in [4.69, 9.17) is 9.84 Å². The molecule has 3 nitrogen and oxygen atoms in total. The van der Waals surface area contributed by atoms with E-state index in [9.17, 15) is 4.79 Å². The minimum absolute atomic E-state index is 0.440. The second-order valence-corrected chi connectivity index (χ2v) is 4.74. The summed E-state index contributed by atoms with van der Waals surface area (Å²) < 4.78 is 5.44. The zero-order valence-electron chi connectivity index (χ0n) is 11.7. The van der Waals surface area contributed by atoms with Gasteiger partial charge in [0.15, 0.2) is 6.10 Å². The highest BCUT2D eigenvalue weighted by atomic mass is 16.5. The average molecular weight is 270 g/mol. The van der Waals surface area contributed by atoms with Gasteiger partial charge >= 0.3 is 5.97 Å². The molecule has 0 fully saturated rings. The van der Waals surface area contributed by atoms with Crippen molar-refractivity contribution < 1.29 is 14.6 Å². The summed E-state index contributed by atoms with van der Waals surface area (Å²) in [5.41, 5.74) is 3.44. The second kappa shape index (κ2) is 6.24. The lowest BCUT2D eigenvalue weighted by Gasteiger charge is -2.13. The Kier molecular flexibility index (Phi) is 4.41. The normalized spacial score (nSPS) is 11.9. The molecule has 2 rings (SSSR count). The molecular weight excluding hydrogens is 252 g/mol. The molecular formula is C17H18O3. The van der Waals surface area contributed by atoms with Crippen LogP contribution in [-0.4, -0.2) is 17.2 Å². The molecule has 0 radical (unpaired) electrons. The van der Waals surface area contributed by atoms with Gasteiger partial charge < -0.3 is 9.84 Å². The maximum Gasteiger partial charge on any atom is 0.344 e. The lowest BCUT2D eigenvalue weighted by molar-refractivity contribution is -0.145. The Bertz CT molecular complexity index is 570. The van der Waals surface area contributed by atoms with Crippen molar-refractivity contribution in [3.8, 4) is 16.9 Å². The number of carboxylic acid groups (broad SMARTS) is 1. The highest BCUT2D eigenvalue weighted by Gasteiger charge is 2.16. The van der Waals surface area contributed by atoms with Crippen LogP contribution in [0.3, 0.4) is 0 Å². The zero-order valence-corrected chi connectivity index (χ0v) is 11.7. The molecule has 0 aliphatic rings. The molecule has 0 saturated heterocycles. The fraction of sp³-hybridized carbons (Fsp3) is 0.235. The molecule has 2 aromatic carbocycles. The second-order valence-electron chi connectivity index (χ2n) is 4.74. The van der Waals surface area contributed by atoms with Gasteiger partial charge in [-0.3, -0.25) is 0 Å². The van der Waals surface area contributed by atoms with Crippen LogP contribution in [0.5, 0.6) is 5.75 Å². The van der Waals surface area contributed by atoms with Gasteiger partial charge in [0.1, 0.15) is 5.75 Å². The first kappa shape index (κ1) is 14.1. The Morgan fingerprint density at radius 1 is 1.05 bits per heavy atom. The zero-order chi connectivity index (χ0) is 14.5. The Morgan fingerprint density at radius 3 is 2.00 bits per heavy atom. The molecule has 2 aromatic rings. The summed E-state index contributed by atoms with van der Waals surface area (Å²) in [6, 6.07) is 15.8. The monoisotopic (exact) mass is 270 g/mol. The van der Waals surface area contributed by atoms with E-state index in [0.717, 1.165) is 11.1 Å². The third-order valence-corrected chi connectivity index (χ3v) is 3.16. The van der Waals surface area contributed by atoms with Crippen molar-refractivity contribution in [1.82, 2.24) is 0 Å². The van der Waals surface area contributed by atoms with Crippen LogP contribution in [0.1, 0.15) is 18.9 Å². The van der Waals surface area contributed by atoms with Gasteiger partial charge in [0.2, 0.25) is 0 Å². The smallest absolute Gasteiger partial charge is 0.344 e. The predicted octanol–water partition coefficient (Wildman–Crippen LogP) is 3.90. The molecule has 20 heavy (non-hydrogen) atoms. The third-order valence-electron chi connectivity index (χ3n) is 3.16. The number of carbonyl (C=O) groups is 1. The predicted molar refractivity (Wildman–Crippen MR) is 79.0 cm³/mol. The summed E-state index contributed by atoms with van der Waals surface area (Å²) in [6.07, 6.45) is -0.352. The van der Waals surface area contributed by atoms with Crippen LogP contribution < -0.4 is 4.74 Å². The van der Waals surface area contributed by atoms with Crippen molar-refractivity contribution in [3.05, 3.63) is 54.1 Å². The minimum Gasteiger partial charge on any atom is -0.479 e. The average Bonchev–Trinajstić information content (AvgIpc) is 2.46. The Morgan fingerprint density at radius 2 is 1.55 bits per heavy atom. The van der Waals surface area contributed by atoms with Crippen molar-refractivity contribution in [2.75, 3.05) is 0 Å². The number of ether oxygens (including phenoxy) is 1. The SMILES string of the molecule is CCC(Oc1ccc(-c2ccc(C)cc2)cc1)C(=O)O. The van der Waals surface area contributed by atoms with Gasteiger partial charge in [-0.1, -0.05) is 48.9 Å². The molecule has 0 spiro atoms. The van der Waals surface area contributed by atoms with Crippen molar-refractivity contribution in [3.63, 3.8) is 0 Å². The van der Waals surface area contributed by atoms with Gasteiger partial charge in [-0.2, -0.15) is 0 Å². The van der Waals surface area contributed by atoms with Crippen molar-refractivity contribution in [2.24, 2.45) is 0 Å². The molecule has 0 aromatic heterocycles. The summed E-state index contributed by atoms with van der Waals surface area (Å²) in [4.78, 5) is 10.9. The first-order chi connectivity index (χ1) is 9.60. The number of hydrogen-bond donors (Lipinski definition) is 1. The quantitative estimate of drug-likeness (QED) is 0.896. The number of benzene rings is 2. The first-order valence-electron chi connectivity index (χ1n) is 6.66. The summed E-state index contributed by atoms with van der Waals surface area (Å²) in [5.74, 6) is -0.356. The number of rotatable bonds is 5. The van der Waals surface area contributed by atoms with E-state index in [-0.39, 0.29) is 0 Å². The number of aryl methyl sites for hydroxylation is 1. The molecule has 0 amide bonds. The summed E-state index contributed by atoms with van der Waals surface area (Å²) in [5, 5.41) is 8.97. The van der Waals surface area contributed by atoms with Gasteiger partial charge in [0.05, 0.1) is 0 Å². The fourth-order valence-electron chi connectivity index (χ4n) is 1.94. The molecule has 1 atom stereocenters. The molecule has 0 aliphatic heterocycles. The maximum absolute atomic E-state index is 10.9. The summed E-state index contributed by atoms with van der Waals surface area (Å²) >= 11 is 0. The van der Waals surface area contributed by atoms with E-state index in [1.165, 1.54) is 5.56 Å². The Balaban J connectivity index is 2.13. The van der Waals surface area contributed by atoms with Crippen LogP contribution in [0.25, 0.3) is 11.1 Å². The first-order valence-corrected chi connectivity index (χ1v) is 6.66. The molecule has 1 N–H and O–H groups in total.